The Hall–Kier alpha value is -2.63. The molecule has 6 nitrogen and oxygen atoms in total. The highest BCUT2D eigenvalue weighted by molar-refractivity contribution is 5.80. The Morgan fingerprint density at radius 3 is 2.77 bits per heavy atom. The standard InChI is InChI=1S/C20H28N6/c1-16-15-22-11-6-17(16)7-12-24-20(21-2)25-18-8-13-26(14-9-18)19-5-3-4-10-23-19/h3-6,10-11,15,18H,7-9,12-14H2,1-2H3,(H2,21,24,25). The van der Waals surface area contributed by atoms with E-state index in [2.05, 4.69) is 49.6 Å². The molecule has 2 N–H and O–H groups in total. The van der Waals surface area contributed by atoms with Crippen LogP contribution in [0.2, 0.25) is 0 Å². The summed E-state index contributed by atoms with van der Waals surface area (Å²) < 4.78 is 0. The maximum Gasteiger partial charge on any atom is 0.191 e. The van der Waals surface area contributed by atoms with Crippen molar-refractivity contribution in [3.8, 4) is 0 Å². The van der Waals surface area contributed by atoms with E-state index in [9.17, 15) is 0 Å². The van der Waals surface area contributed by atoms with Gasteiger partial charge in [-0.3, -0.25) is 9.98 Å². The molecule has 0 radical (unpaired) electrons. The zero-order valence-electron chi connectivity index (χ0n) is 15.7. The molecule has 3 heterocycles. The molecule has 0 bridgehead atoms. The summed E-state index contributed by atoms with van der Waals surface area (Å²) in [5.41, 5.74) is 2.56. The predicted molar refractivity (Wildman–Crippen MR) is 107 cm³/mol. The molecule has 1 saturated heterocycles. The van der Waals surface area contributed by atoms with Crippen molar-refractivity contribution in [1.29, 1.82) is 0 Å². The number of hydrogen-bond donors (Lipinski definition) is 2. The van der Waals surface area contributed by atoms with Crippen molar-refractivity contribution in [2.75, 3.05) is 31.6 Å². The molecule has 1 aliphatic heterocycles. The van der Waals surface area contributed by atoms with Crippen molar-refractivity contribution in [1.82, 2.24) is 20.6 Å². The van der Waals surface area contributed by atoms with Crippen molar-refractivity contribution >= 4 is 11.8 Å². The highest BCUT2D eigenvalue weighted by Crippen LogP contribution is 2.17. The first-order valence-corrected chi connectivity index (χ1v) is 9.29. The third kappa shape index (κ3) is 4.94. The number of guanidine groups is 1. The number of anilines is 1. The third-order valence-corrected chi connectivity index (χ3v) is 4.86. The van der Waals surface area contributed by atoms with Crippen molar-refractivity contribution in [3.63, 3.8) is 0 Å². The molecular weight excluding hydrogens is 324 g/mol. The maximum absolute atomic E-state index is 4.45. The number of aliphatic imine (C=N–C) groups is 1. The molecule has 6 heteroatoms. The molecule has 0 aromatic carbocycles. The van der Waals surface area contributed by atoms with Crippen LogP contribution in [0.4, 0.5) is 5.82 Å². The van der Waals surface area contributed by atoms with Crippen molar-refractivity contribution < 1.29 is 0 Å². The second-order valence-corrected chi connectivity index (χ2v) is 6.64. The van der Waals surface area contributed by atoms with Crippen LogP contribution in [0.25, 0.3) is 0 Å². The normalized spacial score (nSPS) is 15.8. The van der Waals surface area contributed by atoms with Gasteiger partial charge in [-0.2, -0.15) is 0 Å². The Kier molecular flexibility index (Phi) is 6.41. The topological polar surface area (TPSA) is 65.4 Å². The summed E-state index contributed by atoms with van der Waals surface area (Å²) in [6, 6.07) is 8.61. The fourth-order valence-corrected chi connectivity index (χ4v) is 3.28. The Bertz CT molecular complexity index is 707. The monoisotopic (exact) mass is 352 g/mol. The summed E-state index contributed by atoms with van der Waals surface area (Å²) in [6.07, 6.45) is 8.76. The number of nitrogens with zero attached hydrogens (tertiary/aromatic N) is 4. The molecule has 0 saturated carbocycles. The number of hydrogen-bond acceptors (Lipinski definition) is 4. The quantitative estimate of drug-likeness (QED) is 0.638. The van der Waals surface area contributed by atoms with Gasteiger partial charge in [0.25, 0.3) is 0 Å². The molecule has 138 valence electrons. The smallest absolute Gasteiger partial charge is 0.191 e. The second kappa shape index (κ2) is 9.17. The molecule has 1 aliphatic rings. The van der Waals surface area contributed by atoms with Crippen LogP contribution in [-0.4, -0.2) is 48.7 Å². The number of aromatic nitrogens is 2. The number of aryl methyl sites for hydroxylation is 1. The van der Waals surface area contributed by atoms with Gasteiger partial charge >= 0.3 is 0 Å². The molecule has 0 atom stereocenters. The van der Waals surface area contributed by atoms with E-state index < -0.39 is 0 Å². The van der Waals surface area contributed by atoms with Crippen molar-refractivity contribution in [2.45, 2.75) is 32.2 Å². The molecule has 26 heavy (non-hydrogen) atoms. The van der Waals surface area contributed by atoms with Gasteiger partial charge in [0.05, 0.1) is 0 Å². The molecule has 0 aliphatic carbocycles. The first kappa shape index (κ1) is 18.2. The number of piperidine rings is 1. The van der Waals surface area contributed by atoms with Crippen LogP contribution in [-0.2, 0) is 6.42 Å². The lowest BCUT2D eigenvalue weighted by Crippen LogP contribution is -2.49. The van der Waals surface area contributed by atoms with Gasteiger partial charge < -0.3 is 15.5 Å². The zero-order chi connectivity index (χ0) is 18.2. The van der Waals surface area contributed by atoms with Gasteiger partial charge in [-0.1, -0.05) is 6.07 Å². The van der Waals surface area contributed by atoms with Gasteiger partial charge in [0.1, 0.15) is 5.82 Å². The highest BCUT2D eigenvalue weighted by Gasteiger charge is 2.20. The number of rotatable bonds is 5. The van der Waals surface area contributed by atoms with E-state index in [4.69, 9.17) is 0 Å². The van der Waals surface area contributed by atoms with E-state index in [1.165, 1.54) is 11.1 Å². The summed E-state index contributed by atoms with van der Waals surface area (Å²) in [5.74, 6) is 1.95. The molecular formula is C20H28N6. The van der Waals surface area contributed by atoms with E-state index in [-0.39, 0.29) is 0 Å². The minimum atomic E-state index is 0.448. The van der Waals surface area contributed by atoms with Gasteiger partial charge in [-0.25, -0.2) is 4.98 Å². The van der Waals surface area contributed by atoms with Crippen LogP contribution in [0, 0.1) is 6.92 Å². The second-order valence-electron chi connectivity index (χ2n) is 6.64. The van der Waals surface area contributed by atoms with E-state index in [1.54, 1.807) is 0 Å². The van der Waals surface area contributed by atoms with Gasteiger partial charge in [0, 0.05) is 51.3 Å². The SMILES string of the molecule is CN=C(NCCc1ccncc1C)NC1CCN(c2ccccn2)CC1. The fraction of sp³-hybridized carbons (Fsp3) is 0.450. The van der Waals surface area contributed by atoms with Crippen molar-refractivity contribution in [2.24, 2.45) is 4.99 Å². The van der Waals surface area contributed by atoms with E-state index >= 15 is 0 Å². The Labute approximate surface area is 155 Å². The lowest BCUT2D eigenvalue weighted by atomic mass is 10.1. The Balaban J connectivity index is 1.42. The van der Waals surface area contributed by atoms with Crippen LogP contribution in [0.5, 0.6) is 0 Å². The summed E-state index contributed by atoms with van der Waals surface area (Å²) in [6.45, 7) is 4.99. The Morgan fingerprint density at radius 2 is 2.08 bits per heavy atom. The predicted octanol–water partition coefficient (Wildman–Crippen LogP) is 2.16. The van der Waals surface area contributed by atoms with Gasteiger partial charge in [-0.05, 0) is 55.5 Å². The Morgan fingerprint density at radius 1 is 1.23 bits per heavy atom. The van der Waals surface area contributed by atoms with Gasteiger partial charge in [-0.15, -0.1) is 0 Å². The van der Waals surface area contributed by atoms with Crippen LogP contribution >= 0.6 is 0 Å². The van der Waals surface area contributed by atoms with Crippen LogP contribution in [0.3, 0.4) is 0 Å². The van der Waals surface area contributed by atoms with E-state index in [1.807, 2.05) is 37.8 Å². The van der Waals surface area contributed by atoms with Crippen LogP contribution < -0.4 is 15.5 Å². The van der Waals surface area contributed by atoms with E-state index in [0.717, 1.165) is 50.7 Å². The summed E-state index contributed by atoms with van der Waals surface area (Å²) >= 11 is 0. The molecule has 3 rings (SSSR count). The molecule has 1 fully saturated rings. The highest BCUT2D eigenvalue weighted by atomic mass is 15.2. The molecule has 0 amide bonds. The molecule has 2 aromatic heterocycles. The third-order valence-electron chi connectivity index (χ3n) is 4.86. The average Bonchev–Trinajstić information content (AvgIpc) is 2.70. The number of pyridine rings is 2. The first-order chi connectivity index (χ1) is 12.8. The lowest BCUT2D eigenvalue weighted by Gasteiger charge is -2.33. The zero-order valence-corrected chi connectivity index (χ0v) is 15.7. The van der Waals surface area contributed by atoms with Crippen LogP contribution in [0.15, 0.2) is 47.8 Å². The molecule has 2 aromatic rings. The average molecular weight is 352 g/mol. The maximum atomic E-state index is 4.45. The summed E-state index contributed by atoms with van der Waals surface area (Å²) in [7, 11) is 1.83. The summed E-state index contributed by atoms with van der Waals surface area (Å²) in [4.78, 5) is 15.3. The minimum Gasteiger partial charge on any atom is -0.356 e. The largest absolute Gasteiger partial charge is 0.356 e. The van der Waals surface area contributed by atoms with Crippen LogP contribution in [0.1, 0.15) is 24.0 Å². The molecule has 0 unspecified atom stereocenters. The summed E-state index contributed by atoms with van der Waals surface area (Å²) in [5, 5.41) is 6.99. The minimum absolute atomic E-state index is 0.448. The van der Waals surface area contributed by atoms with E-state index in [0.29, 0.717) is 6.04 Å². The fourth-order valence-electron chi connectivity index (χ4n) is 3.28. The number of nitrogens with one attached hydrogen (secondary N) is 2. The lowest BCUT2D eigenvalue weighted by molar-refractivity contribution is 0.459. The van der Waals surface area contributed by atoms with Crippen molar-refractivity contribution in [3.05, 3.63) is 54.0 Å². The van der Waals surface area contributed by atoms with Gasteiger partial charge in [0.15, 0.2) is 5.96 Å². The first-order valence-electron chi connectivity index (χ1n) is 9.29. The van der Waals surface area contributed by atoms with Gasteiger partial charge in [0.2, 0.25) is 0 Å². The molecule has 0 spiro atoms.